The lowest BCUT2D eigenvalue weighted by Gasteiger charge is -2.32. The molecule has 1 aromatic carbocycles. The highest BCUT2D eigenvalue weighted by Crippen LogP contribution is 2.25. The Bertz CT molecular complexity index is 395. The van der Waals surface area contributed by atoms with Crippen LogP contribution in [0.15, 0.2) is 18.2 Å². The summed E-state index contributed by atoms with van der Waals surface area (Å²) >= 11 is 0. The molecule has 3 N–H and O–H groups in total. The molecule has 0 saturated carbocycles. The number of anilines is 2. The number of likely N-dealkylation sites (N-methyl/N-ethyl adjacent to an activating group) is 1. The van der Waals surface area contributed by atoms with Crippen LogP contribution in [0.2, 0.25) is 0 Å². The summed E-state index contributed by atoms with van der Waals surface area (Å²) in [4.78, 5) is 2.42. The van der Waals surface area contributed by atoms with E-state index >= 15 is 0 Å². The number of nitrogens with zero attached hydrogens (tertiary/aromatic N) is 1. The van der Waals surface area contributed by atoms with Gasteiger partial charge in [0.05, 0.1) is 18.5 Å². The van der Waals surface area contributed by atoms with Crippen molar-refractivity contribution in [3.63, 3.8) is 0 Å². The van der Waals surface area contributed by atoms with Crippen LogP contribution in [0, 0.1) is 0 Å². The largest absolute Gasteiger partial charge is 0.497 e. The normalized spacial score (nSPS) is 20.7. The Balaban J connectivity index is 1.96. The average molecular weight is 249 g/mol. The highest BCUT2D eigenvalue weighted by molar-refractivity contribution is 5.68. The van der Waals surface area contributed by atoms with E-state index in [9.17, 15) is 0 Å². The zero-order valence-electron chi connectivity index (χ0n) is 11.3. The maximum Gasteiger partial charge on any atom is 0.121 e. The van der Waals surface area contributed by atoms with Crippen molar-refractivity contribution in [3.8, 4) is 5.75 Å². The molecule has 0 spiro atoms. The lowest BCUT2D eigenvalue weighted by atomic mass is 10.0. The number of ether oxygens (including phenoxy) is 1. The van der Waals surface area contributed by atoms with E-state index in [1.54, 1.807) is 7.11 Å². The van der Waals surface area contributed by atoms with Crippen molar-refractivity contribution in [2.75, 3.05) is 38.3 Å². The number of nitrogens with two attached hydrogens (primary N) is 1. The average Bonchev–Trinajstić information content (AvgIpc) is 2.39. The number of rotatable bonds is 4. The zero-order valence-corrected chi connectivity index (χ0v) is 11.3. The Kier molecular flexibility index (Phi) is 4.31. The van der Waals surface area contributed by atoms with Crippen LogP contribution in [-0.4, -0.2) is 38.2 Å². The topological polar surface area (TPSA) is 50.5 Å². The minimum absolute atomic E-state index is 0.601. The third-order valence-electron chi connectivity index (χ3n) is 3.71. The van der Waals surface area contributed by atoms with Gasteiger partial charge in [-0.3, -0.25) is 0 Å². The molecule has 1 fully saturated rings. The smallest absolute Gasteiger partial charge is 0.121 e. The Hall–Kier alpha value is -1.42. The van der Waals surface area contributed by atoms with Crippen molar-refractivity contribution in [2.24, 2.45) is 0 Å². The molecule has 18 heavy (non-hydrogen) atoms. The molecule has 1 aliphatic rings. The van der Waals surface area contributed by atoms with Gasteiger partial charge in [-0.2, -0.15) is 0 Å². The van der Waals surface area contributed by atoms with E-state index in [0.29, 0.717) is 6.04 Å². The summed E-state index contributed by atoms with van der Waals surface area (Å²) in [6, 6.07) is 6.32. The minimum Gasteiger partial charge on any atom is -0.497 e. The molecule has 1 heterocycles. The van der Waals surface area contributed by atoms with Gasteiger partial charge in [0.2, 0.25) is 0 Å². The van der Waals surface area contributed by atoms with E-state index in [1.807, 2.05) is 18.2 Å². The molecule has 0 radical (unpaired) electrons. The number of benzene rings is 1. The lowest BCUT2D eigenvalue weighted by molar-refractivity contribution is 0.194. The SMILES string of the molecule is COc1ccc(N)c(NCC2CCCCN2C)c1. The van der Waals surface area contributed by atoms with Gasteiger partial charge in [-0.15, -0.1) is 0 Å². The summed E-state index contributed by atoms with van der Waals surface area (Å²) in [6.07, 6.45) is 3.89. The number of methoxy groups -OCH3 is 1. The zero-order chi connectivity index (χ0) is 13.0. The monoisotopic (exact) mass is 249 g/mol. The second-order valence-electron chi connectivity index (χ2n) is 4.96. The Morgan fingerprint density at radius 1 is 1.44 bits per heavy atom. The lowest BCUT2D eigenvalue weighted by Crippen LogP contribution is -2.40. The van der Waals surface area contributed by atoms with Gasteiger partial charge in [0, 0.05) is 18.7 Å². The summed E-state index contributed by atoms with van der Waals surface area (Å²) < 4.78 is 5.22. The number of hydrogen-bond acceptors (Lipinski definition) is 4. The van der Waals surface area contributed by atoms with Crippen LogP contribution in [0.1, 0.15) is 19.3 Å². The molecule has 2 rings (SSSR count). The number of nitrogen functional groups attached to an aromatic ring is 1. The Labute approximate surface area is 109 Å². The molecule has 4 nitrogen and oxygen atoms in total. The highest BCUT2D eigenvalue weighted by Gasteiger charge is 2.18. The highest BCUT2D eigenvalue weighted by atomic mass is 16.5. The van der Waals surface area contributed by atoms with Gasteiger partial charge in [-0.25, -0.2) is 0 Å². The Morgan fingerprint density at radius 3 is 3.00 bits per heavy atom. The third kappa shape index (κ3) is 3.07. The van der Waals surface area contributed by atoms with Gasteiger partial charge in [0.15, 0.2) is 0 Å². The van der Waals surface area contributed by atoms with Gasteiger partial charge in [0.25, 0.3) is 0 Å². The molecule has 0 amide bonds. The van der Waals surface area contributed by atoms with Crippen LogP contribution in [-0.2, 0) is 0 Å². The van der Waals surface area contributed by atoms with E-state index in [-0.39, 0.29) is 0 Å². The van der Waals surface area contributed by atoms with E-state index in [4.69, 9.17) is 10.5 Å². The predicted octanol–water partition coefficient (Wildman–Crippen LogP) is 2.17. The summed E-state index contributed by atoms with van der Waals surface area (Å²) in [5.74, 6) is 0.837. The van der Waals surface area contributed by atoms with Crippen molar-refractivity contribution in [1.29, 1.82) is 0 Å². The standard InChI is InChI=1S/C14H23N3O/c1-17-8-4-3-5-11(17)10-16-14-9-12(18-2)6-7-13(14)15/h6-7,9,11,16H,3-5,8,10,15H2,1-2H3. The van der Waals surface area contributed by atoms with Crippen LogP contribution < -0.4 is 15.8 Å². The molecule has 4 heteroatoms. The van der Waals surface area contributed by atoms with Crippen molar-refractivity contribution < 1.29 is 4.74 Å². The van der Waals surface area contributed by atoms with Gasteiger partial charge in [0.1, 0.15) is 5.75 Å². The summed E-state index contributed by atoms with van der Waals surface area (Å²) in [5, 5.41) is 3.44. The quantitative estimate of drug-likeness (QED) is 0.803. The number of hydrogen-bond donors (Lipinski definition) is 2. The van der Waals surface area contributed by atoms with Crippen molar-refractivity contribution in [2.45, 2.75) is 25.3 Å². The van der Waals surface area contributed by atoms with E-state index in [2.05, 4.69) is 17.3 Å². The first-order valence-corrected chi connectivity index (χ1v) is 6.58. The van der Waals surface area contributed by atoms with Crippen molar-refractivity contribution in [1.82, 2.24) is 4.90 Å². The number of nitrogens with one attached hydrogen (secondary N) is 1. The number of piperidine rings is 1. The molecule has 0 aliphatic carbocycles. The fraction of sp³-hybridized carbons (Fsp3) is 0.571. The maximum absolute atomic E-state index is 5.96. The molecule has 0 aromatic heterocycles. The van der Waals surface area contributed by atoms with Gasteiger partial charge < -0.3 is 20.7 Å². The predicted molar refractivity (Wildman–Crippen MR) is 76.2 cm³/mol. The van der Waals surface area contributed by atoms with E-state index in [1.165, 1.54) is 25.8 Å². The second kappa shape index (κ2) is 5.96. The third-order valence-corrected chi connectivity index (χ3v) is 3.71. The van der Waals surface area contributed by atoms with Crippen LogP contribution >= 0.6 is 0 Å². The summed E-state index contributed by atoms with van der Waals surface area (Å²) in [5.41, 5.74) is 7.70. The summed E-state index contributed by atoms with van der Waals surface area (Å²) in [6.45, 7) is 2.13. The molecule has 1 atom stereocenters. The minimum atomic E-state index is 0.601. The molecule has 1 unspecified atom stereocenters. The first-order valence-electron chi connectivity index (χ1n) is 6.58. The fourth-order valence-electron chi connectivity index (χ4n) is 2.45. The van der Waals surface area contributed by atoms with Crippen LogP contribution in [0.4, 0.5) is 11.4 Å². The van der Waals surface area contributed by atoms with Crippen LogP contribution in [0.25, 0.3) is 0 Å². The number of likely N-dealkylation sites (tertiary alicyclic amines) is 1. The molecular formula is C14H23N3O. The molecular weight excluding hydrogens is 226 g/mol. The molecule has 1 saturated heterocycles. The van der Waals surface area contributed by atoms with E-state index < -0.39 is 0 Å². The first kappa shape index (κ1) is 13.0. The molecule has 1 aliphatic heterocycles. The first-order chi connectivity index (χ1) is 8.70. The molecule has 1 aromatic rings. The maximum atomic E-state index is 5.96. The van der Waals surface area contributed by atoms with Gasteiger partial charge in [-0.1, -0.05) is 6.42 Å². The molecule has 0 bridgehead atoms. The van der Waals surface area contributed by atoms with Crippen LogP contribution in [0.3, 0.4) is 0 Å². The van der Waals surface area contributed by atoms with Crippen molar-refractivity contribution >= 4 is 11.4 Å². The summed E-state index contributed by atoms with van der Waals surface area (Å²) in [7, 11) is 3.87. The molecule has 100 valence electrons. The van der Waals surface area contributed by atoms with Crippen LogP contribution in [0.5, 0.6) is 5.75 Å². The van der Waals surface area contributed by atoms with Crippen molar-refractivity contribution in [3.05, 3.63) is 18.2 Å². The Morgan fingerprint density at radius 2 is 2.28 bits per heavy atom. The van der Waals surface area contributed by atoms with Gasteiger partial charge >= 0.3 is 0 Å². The second-order valence-corrected chi connectivity index (χ2v) is 4.96. The fourth-order valence-corrected chi connectivity index (χ4v) is 2.45. The van der Waals surface area contributed by atoms with Gasteiger partial charge in [-0.05, 0) is 38.6 Å². The van der Waals surface area contributed by atoms with E-state index in [0.717, 1.165) is 23.7 Å².